The maximum absolute atomic E-state index is 12.7. The van der Waals surface area contributed by atoms with Crippen molar-refractivity contribution in [3.8, 4) is 0 Å². The summed E-state index contributed by atoms with van der Waals surface area (Å²) in [6.45, 7) is 4.92. The first-order valence-electron chi connectivity index (χ1n) is 7.40. The molecule has 0 radical (unpaired) electrons. The highest BCUT2D eigenvalue weighted by molar-refractivity contribution is 7.84. The second-order valence-corrected chi connectivity index (χ2v) is 7.57. The van der Waals surface area contributed by atoms with Gasteiger partial charge in [-0.05, 0) is 32.6 Å². The van der Waals surface area contributed by atoms with Gasteiger partial charge in [-0.2, -0.15) is 0 Å². The smallest absolute Gasteiger partial charge is 0.246 e. The Hall–Kier alpha value is -0.910. The van der Waals surface area contributed by atoms with Crippen molar-refractivity contribution < 1.29 is 13.8 Å². The normalized spacial score (nSPS) is 30.1. The summed E-state index contributed by atoms with van der Waals surface area (Å²) >= 11 is 0. The van der Waals surface area contributed by atoms with E-state index in [-0.39, 0.29) is 29.1 Å². The summed E-state index contributed by atoms with van der Waals surface area (Å²) in [6.07, 6.45) is 5.02. The van der Waals surface area contributed by atoms with Crippen LogP contribution in [0.3, 0.4) is 0 Å². The van der Waals surface area contributed by atoms with Gasteiger partial charge >= 0.3 is 0 Å². The second-order valence-electron chi connectivity index (χ2n) is 5.77. The van der Waals surface area contributed by atoms with Crippen molar-refractivity contribution in [2.75, 3.05) is 19.3 Å². The van der Waals surface area contributed by atoms with Crippen LogP contribution in [-0.2, 0) is 20.4 Å². The standard InChI is InChI=1S/C14H24N2O3S/c1-4-11-13(17)15-8-6-5-7-12(15)14(18)16(11)9-10(2)20(3)19/h10-12H,4-9H2,1-3H3. The van der Waals surface area contributed by atoms with Crippen LogP contribution in [0.15, 0.2) is 0 Å². The predicted octanol–water partition coefficient (Wildman–Crippen LogP) is 0.755. The molecule has 0 aromatic heterocycles. The summed E-state index contributed by atoms with van der Waals surface area (Å²) in [7, 11) is -0.984. The number of carbonyl (C=O) groups is 2. The molecule has 2 aliphatic rings. The fourth-order valence-electron chi connectivity index (χ4n) is 3.12. The van der Waals surface area contributed by atoms with Crippen LogP contribution in [0.25, 0.3) is 0 Å². The second kappa shape index (κ2) is 6.24. The third-order valence-electron chi connectivity index (χ3n) is 4.42. The molecule has 0 N–H and O–H groups in total. The maximum atomic E-state index is 12.7. The molecule has 2 aliphatic heterocycles. The van der Waals surface area contributed by atoms with Crippen molar-refractivity contribution >= 4 is 22.6 Å². The molecule has 2 saturated heterocycles. The molecule has 6 heteroatoms. The number of hydrogen-bond donors (Lipinski definition) is 0. The van der Waals surface area contributed by atoms with Gasteiger partial charge in [0, 0.05) is 35.4 Å². The van der Waals surface area contributed by atoms with E-state index in [4.69, 9.17) is 0 Å². The van der Waals surface area contributed by atoms with E-state index in [1.54, 1.807) is 16.1 Å². The molecule has 20 heavy (non-hydrogen) atoms. The summed E-state index contributed by atoms with van der Waals surface area (Å²) in [5.41, 5.74) is 0. The number of fused-ring (bicyclic) bond motifs is 1. The van der Waals surface area contributed by atoms with Crippen LogP contribution in [0.2, 0.25) is 0 Å². The Kier molecular flexibility index (Phi) is 4.83. The van der Waals surface area contributed by atoms with Crippen LogP contribution in [0.5, 0.6) is 0 Å². The first-order chi connectivity index (χ1) is 9.47. The molecule has 2 fully saturated rings. The van der Waals surface area contributed by atoms with Gasteiger partial charge in [-0.25, -0.2) is 0 Å². The molecule has 0 aliphatic carbocycles. The monoisotopic (exact) mass is 300 g/mol. The average Bonchev–Trinajstić information content (AvgIpc) is 2.44. The zero-order valence-electron chi connectivity index (χ0n) is 12.5. The van der Waals surface area contributed by atoms with Gasteiger partial charge in [-0.15, -0.1) is 0 Å². The van der Waals surface area contributed by atoms with Gasteiger partial charge in [0.15, 0.2) is 0 Å². The van der Waals surface area contributed by atoms with E-state index in [1.165, 1.54) is 0 Å². The summed E-state index contributed by atoms with van der Waals surface area (Å²) in [4.78, 5) is 28.7. The molecule has 2 amide bonds. The molecule has 2 heterocycles. The molecule has 0 saturated carbocycles. The largest absolute Gasteiger partial charge is 0.329 e. The number of hydrogen-bond acceptors (Lipinski definition) is 3. The molecule has 4 unspecified atom stereocenters. The predicted molar refractivity (Wildman–Crippen MR) is 78.7 cm³/mol. The third kappa shape index (κ3) is 2.75. The lowest BCUT2D eigenvalue weighted by molar-refractivity contribution is -0.163. The molecule has 2 rings (SSSR count). The highest BCUT2D eigenvalue weighted by atomic mass is 32.2. The zero-order valence-corrected chi connectivity index (χ0v) is 13.3. The fraction of sp³-hybridized carbons (Fsp3) is 0.857. The third-order valence-corrected chi connectivity index (χ3v) is 5.70. The lowest BCUT2D eigenvalue weighted by Gasteiger charge is -2.47. The van der Waals surface area contributed by atoms with E-state index < -0.39 is 10.8 Å². The van der Waals surface area contributed by atoms with E-state index in [1.807, 2.05) is 13.8 Å². The topological polar surface area (TPSA) is 57.7 Å². The summed E-state index contributed by atoms with van der Waals surface area (Å²) in [6, 6.07) is -0.653. The van der Waals surface area contributed by atoms with E-state index in [9.17, 15) is 13.8 Å². The Morgan fingerprint density at radius 1 is 1.30 bits per heavy atom. The van der Waals surface area contributed by atoms with Gasteiger partial charge in [0.05, 0.1) is 0 Å². The van der Waals surface area contributed by atoms with Gasteiger partial charge in [0.2, 0.25) is 11.8 Å². The Morgan fingerprint density at radius 2 is 2.00 bits per heavy atom. The lowest BCUT2D eigenvalue weighted by Crippen LogP contribution is -2.66. The molecular weight excluding hydrogens is 276 g/mol. The van der Waals surface area contributed by atoms with Crippen molar-refractivity contribution in [3.63, 3.8) is 0 Å². The van der Waals surface area contributed by atoms with Crippen LogP contribution in [-0.4, -0.2) is 62.5 Å². The quantitative estimate of drug-likeness (QED) is 0.770. The van der Waals surface area contributed by atoms with Crippen molar-refractivity contribution in [3.05, 3.63) is 0 Å². The molecule has 114 valence electrons. The first kappa shape index (κ1) is 15.5. The van der Waals surface area contributed by atoms with E-state index in [0.29, 0.717) is 19.5 Å². The molecule has 0 aromatic rings. The molecule has 5 nitrogen and oxygen atoms in total. The minimum atomic E-state index is -0.984. The number of piperazine rings is 1. The number of rotatable bonds is 4. The van der Waals surface area contributed by atoms with Crippen molar-refractivity contribution in [1.29, 1.82) is 0 Å². The molecule has 0 aromatic carbocycles. The van der Waals surface area contributed by atoms with Crippen LogP contribution in [0.1, 0.15) is 39.5 Å². The van der Waals surface area contributed by atoms with Crippen LogP contribution < -0.4 is 0 Å². The van der Waals surface area contributed by atoms with E-state index >= 15 is 0 Å². The highest BCUT2D eigenvalue weighted by Crippen LogP contribution is 2.27. The van der Waals surface area contributed by atoms with E-state index in [2.05, 4.69) is 0 Å². The summed E-state index contributed by atoms with van der Waals surface area (Å²) in [5, 5.41) is -0.101. The Labute approximate surface area is 123 Å². The molecular formula is C14H24N2O3S. The van der Waals surface area contributed by atoms with Crippen molar-refractivity contribution in [2.24, 2.45) is 0 Å². The summed E-state index contributed by atoms with van der Waals surface area (Å²) in [5.74, 6) is 0.124. The van der Waals surface area contributed by atoms with E-state index in [0.717, 1.165) is 19.3 Å². The minimum Gasteiger partial charge on any atom is -0.329 e. The minimum absolute atomic E-state index is 0.0495. The zero-order chi connectivity index (χ0) is 14.9. The maximum Gasteiger partial charge on any atom is 0.246 e. The Bertz CT molecular complexity index is 427. The Balaban J connectivity index is 2.22. The number of carbonyl (C=O) groups excluding carboxylic acids is 2. The van der Waals surface area contributed by atoms with Crippen LogP contribution in [0.4, 0.5) is 0 Å². The molecule has 4 atom stereocenters. The Morgan fingerprint density at radius 3 is 2.60 bits per heavy atom. The van der Waals surface area contributed by atoms with Crippen molar-refractivity contribution in [1.82, 2.24) is 9.80 Å². The lowest BCUT2D eigenvalue weighted by atomic mass is 9.94. The van der Waals surface area contributed by atoms with Crippen LogP contribution in [0, 0.1) is 0 Å². The van der Waals surface area contributed by atoms with Gasteiger partial charge in [0.1, 0.15) is 12.1 Å². The van der Waals surface area contributed by atoms with Gasteiger partial charge in [-0.3, -0.25) is 13.8 Å². The molecule has 0 bridgehead atoms. The fourth-order valence-corrected chi connectivity index (χ4v) is 3.49. The van der Waals surface area contributed by atoms with Gasteiger partial charge in [-0.1, -0.05) is 6.92 Å². The first-order valence-corrected chi connectivity index (χ1v) is 9.02. The van der Waals surface area contributed by atoms with Crippen LogP contribution >= 0.6 is 0 Å². The number of nitrogens with zero attached hydrogens (tertiary/aromatic N) is 2. The summed E-state index contributed by atoms with van der Waals surface area (Å²) < 4.78 is 11.6. The van der Waals surface area contributed by atoms with Gasteiger partial charge < -0.3 is 9.80 Å². The number of piperidine rings is 1. The van der Waals surface area contributed by atoms with Crippen molar-refractivity contribution in [2.45, 2.75) is 56.9 Å². The SMILES string of the molecule is CCC1C(=O)N2CCCCC2C(=O)N1CC(C)S(C)=O. The average molecular weight is 300 g/mol. The molecule has 0 spiro atoms. The highest BCUT2D eigenvalue weighted by Gasteiger charge is 2.46. The number of amides is 2. The van der Waals surface area contributed by atoms with Gasteiger partial charge in [0.25, 0.3) is 0 Å².